The molecule has 1 aromatic heterocycles. The van der Waals surface area contributed by atoms with Crippen LogP contribution in [0, 0.1) is 24.0 Å². The molecule has 0 bridgehead atoms. The van der Waals surface area contributed by atoms with Crippen molar-refractivity contribution in [1.29, 1.82) is 0 Å². The number of nitrogens with zero attached hydrogens (tertiary/aromatic N) is 3. The maximum absolute atomic E-state index is 11.9. The van der Waals surface area contributed by atoms with Crippen LogP contribution in [0.4, 0.5) is 11.4 Å². The zero-order chi connectivity index (χ0) is 15.6. The van der Waals surface area contributed by atoms with Crippen LogP contribution in [0.5, 0.6) is 5.75 Å². The third-order valence-corrected chi connectivity index (χ3v) is 2.95. The van der Waals surface area contributed by atoms with Gasteiger partial charge in [0.1, 0.15) is 23.7 Å². The van der Waals surface area contributed by atoms with Gasteiger partial charge in [-0.05, 0) is 26.0 Å². The third-order valence-electron chi connectivity index (χ3n) is 2.95. The number of anilines is 1. The molecule has 8 heteroatoms. The average Bonchev–Trinajstić information content (AvgIpc) is 2.64. The summed E-state index contributed by atoms with van der Waals surface area (Å²) in [5.74, 6) is -0.351. The summed E-state index contributed by atoms with van der Waals surface area (Å²) in [7, 11) is 0. The number of amides is 1. The van der Waals surface area contributed by atoms with Crippen molar-refractivity contribution < 1.29 is 14.8 Å². The zero-order valence-corrected chi connectivity index (χ0v) is 11.5. The highest BCUT2D eigenvalue weighted by Gasteiger charge is 2.22. The highest BCUT2D eigenvalue weighted by molar-refractivity contribution is 5.90. The van der Waals surface area contributed by atoms with E-state index in [1.165, 1.54) is 23.7 Å². The number of aromatic hydroxyl groups is 1. The predicted molar refractivity (Wildman–Crippen MR) is 75.1 cm³/mol. The van der Waals surface area contributed by atoms with E-state index in [0.29, 0.717) is 11.4 Å². The van der Waals surface area contributed by atoms with Gasteiger partial charge in [-0.1, -0.05) is 6.07 Å². The number of carbonyl (C=O) groups excluding carboxylic acids is 1. The predicted octanol–water partition coefficient (Wildman–Crippen LogP) is 1.75. The van der Waals surface area contributed by atoms with E-state index in [1.807, 2.05) is 0 Å². The molecule has 2 rings (SSSR count). The van der Waals surface area contributed by atoms with Gasteiger partial charge >= 0.3 is 5.69 Å². The fraction of sp³-hybridized carbons (Fsp3) is 0.231. The molecule has 0 saturated heterocycles. The molecule has 0 fully saturated rings. The van der Waals surface area contributed by atoms with Gasteiger partial charge in [0.2, 0.25) is 5.91 Å². The number of carbonyl (C=O) groups is 1. The molecule has 0 spiro atoms. The van der Waals surface area contributed by atoms with Gasteiger partial charge in [0, 0.05) is 11.8 Å². The lowest BCUT2D eigenvalue weighted by atomic mass is 10.3. The molecule has 1 amide bonds. The Morgan fingerprint density at radius 2 is 2.19 bits per heavy atom. The zero-order valence-electron chi connectivity index (χ0n) is 11.5. The van der Waals surface area contributed by atoms with Gasteiger partial charge in [-0.25, -0.2) is 0 Å². The van der Waals surface area contributed by atoms with E-state index in [4.69, 9.17) is 0 Å². The molecule has 0 unspecified atom stereocenters. The Balaban J connectivity index is 2.13. The standard InChI is InChI=1S/C13H14N4O4/c1-8-13(17(20)21)9(2)16(15-8)7-12(19)14-10-4-3-5-11(18)6-10/h3-6,18H,7H2,1-2H3,(H,14,19). The number of aromatic nitrogens is 2. The largest absolute Gasteiger partial charge is 0.508 e. The lowest BCUT2D eigenvalue weighted by Gasteiger charge is -2.06. The van der Waals surface area contributed by atoms with Crippen molar-refractivity contribution >= 4 is 17.3 Å². The summed E-state index contributed by atoms with van der Waals surface area (Å²) in [5.41, 5.74) is 0.947. The van der Waals surface area contributed by atoms with Crippen molar-refractivity contribution in [3.05, 3.63) is 45.8 Å². The third kappa shape index (κ3) is 3.16. The normalized spacial score (nSPS) is 10.4. The smallest absolute Gasteiger partial charge is 0.312 e. The van der Waals surface area contributed by atoms with Crippen LogP contribution >= 0.6 is 0 Å². The Hall–Kier alpha value is -2.90. The number of benzene rings is 1. The summed E-state index contributed by atoms with van der Waals surface area (Å²) in [6, 6.07) is 6.11. The van der Waals surface area contributed by atoms with Crippen LogP contribution in [-0.2, 0) is 11.3 Å². The van der Waals surface area contributed by atoms with Crippen molar-refractivity contribution in [3.8, 4) is 5.75 Å². The van der Waals surface area contributed by atoms with Crippen LogP contribution in [-0.4, -0.2) is 25.7 Å². The maximum Gasteiger partial charge on any atom is 0.312 e. The molecular formula is C13H14N4O4. The maximum atomic E-state index is 11.9. The highest BCUT2D eigenvalue weighted by atomic mass is 16.6. The van der Waals surface area contributed by atoms with E-state index in [9.17, 15) is 20.0 Å². The molecule has 0 radical (unpaired) electrons. The molecule has 0 aliphatic heterocycles. The van der Waals surface area contributed by atoms with Gasteiger partial charge in [-0.15, -0.1) is 0 Å². The molecule has 1 aromatic carbocycles. The van der Waals surface area contributed by atoms with E-state index in [0.717, 1.165) is 0 Å². The lowest BCUT2D eigenvalue weighted by molar-refractivity contribution is -0.386. The number of nitrogens with one attached hydrogen (secondary N) is 1. The van der Waals surface area contributed by atoms with E-state index in [1.54, 1.807) is 19.1 Å². The number of rotatable bonds is 4. The summed E-state index contributed by atoms with van der Waals surface area (Å²) in [4.78, 5) is 22.3. The van der Waals surface area contributed by atoms with Crippen LogP contribution in [0.3, 0.4) is 0 Å². The van der Waals surface area contributed by atoms with E-state index >= 15 is 0 Å². The monoisotopic (exact) mass is 290 g/mol. The van der Waals surface area contributed by atoms with Crippen molar-refractivity contribution in [3.63, 3.8) is 0 Å². The Labute approximate surface area is 120 Å². The first kappa shape index (κ1) is 14.5. The Morgan fingerprint density at radius 1 is 1.48 bits per heavy atom. The van der Waals surface area contributed by atoms with Crippen LogP contribution in [0.25, 0.3) is 0 Å². The van der Waals surface area contributed by atoms with Gasteiger partial charge in [0.05, 0.1) is 4.92 Å². The molecule has 1 heterocycles. The molecular weight excluding hydrogens is 276 g/mol. The molecule has 0 atom stereocenters. The Kier molecular flexibility index (Phi) is 3.88. The summed E-state index contributed by atoms with van der Waals surface area (Å²) in [6.45, 7) is 2.92. The lowest BCUT2D eigenvalue weighted by Crippen LogP contribution is -2.20. The highest BCUT2D eigenvalue weighted by Crippen LogP contribution is 2.22. The molecule has 2 N–H and O–H groups in total. The van der Waals surface area contributed by atoms with Crippen molar-refractivity contribution in [1.82, 2.24) is 9.78 Å². The number of hydrogen-bond acceptors (Lipinski definition) is 5. The summed E-state index contributed by atoms with van der Waals surface area (Å²) in [6.07, 6.45) is 0. The topological polar surface area (TPSA) is 110 Å². The van der Waals surface area contributed by atoms with E-state index in [2.05, 4.69) is 10.4 Å². The van der Waals surface area contributed by atoms with Crippen molar-refractivity contribution in [2.45, 2.75) is 20.4 Å². The minimum Gasteiger partial charge on any atom is -0.508 e. The SMILES string of the molecule is Cc1nn(CC(=O)Nc2cccc(O)c2)c(C)c1[N+](=O)[O-]. The quantitative estimate of drug-likeness (QED) is 0.658. The van der Waals surface area contributed by atoms with E-state index < -0.39 is 4.92 Å². The molecule has 21 heavy (non-hydrogen) atoms. The van der Waals surface area contributed by atoms with Crippen LogP contribution in [0.15, 0.2) is 24.3 Å². The van der Waals surface area contributed by atoms with Crippen molar-refractivity contribution in [2.24, 2.45) is 0 Å². The number of aryl methyl sites for hydroxylation is 1. The van der Waals surface area contributed by atoms with Gasteiger partial charge in [0.25, 0.3) is 0 Å². The number of phenols is 1. The second-order valence-corrected chi connectivity index (χ2v) is 4.53. The van der Waals surface area contributed by atoms with Gasteiger partial charge in [-0.2, -0.15) is 5.10 Å². The minimum absolute atomic E-state index is 0.0366. The Morgan fingerprint density at radius 3 is 2.76 bits per heavy atom. The fourth-order valence-electron chi connectivity index (χ4n) is 2.03. The second kappa shape index (κ2) is 5.61. The molecule has 8 nitrogen and oxygen atoms in total. The fourth-order valence-corrected chi connectivity index (χ4v) is 2.03. The van der Waals surface area contributed by atoms with Gasteiger partial charge < -0.3 is 10.4 Å². The van der Waals surface area contributed by atoms with Crippen LogP contribution < -0.4 is 5.32 Å². The number of phenolic OH excluding ortho intramolecular Hbond substituents is 1. The Bertz CT molecular complexity index is 708. The molecule has 0 saturated carbocycles. The number of nitro groups is 1. The molecule has 110 valence electrons. The summed E-state index contributed by atoms with van der Waals surface area (Å²) >= 11 is 0. The summed E-state index contributed by atoms with van der Waals surface area (Å²) < 4.78 is 1.28. The van der Waals surface area contributed by atoms with E-state index in [-0.39, 0.29) is 29.6 Å². The van der Waals surface area contributed by atoms with Crippen molar-refractivity contribution in [2.75, 3.05) is 5.32 Å². The molecule has 0 aliphatic rings. The van der Waals surface area contributed by atoms with Gasteiger partial charge in [-0.3, -0.25) is 19.6 Å². The van der Waals surface area contributed by atoms with Crippen LogP contribution in [0.1, 0.15) is 11.4 Å². The summed E-state index contributed by atoms with van der Waals surface area (Å²) in [5, 5.41) is 26.8. The first-order valence-electron chi connectivity index (χ1n) is 6.15. The number of hydrogen-bond donors (Lipinski definition) is 2. The second-order valence-electron chi connectivity index (χ2n) is 4.53. The minimum atomic E-state index is -0.513. The first-order valence-corrected chi connectivity index (χ1v) is 6.15. The molecule has 0 aliphatic carbocycles. The molecule has 2 aromatic rings. The van der Waals surface area contributed by atoms with Gasteiger partial charge in [0.15, 0.2) is 0 Å². The van der Waals surface area contributed by atoms with Crippen LogP contribution in [0.2, 0.25) is 0 Å². The average molecular weight is 290 g/mol. The first-order chi connectivity index (χ1) is 9.88.